The zero-order valence-electron chi connectivity index (χ0n) is 14.6. The molecular formula is C19H16F2N2O4. The van der Waals surface area contributed by atoms with Crippen molar-refractivity contribution in [3.05, 3.63) is 75.3 Å². The number of aliphatic hydroxyl groups excluding tert-OH is 1. The number of halogens is 2. The minimum Gasteiger partial charge on any atom is -0.465 e. The molecule has 0 unspecified atom stereocenters. The van der Waals surface area contributed by atoms with Gasteiger partial charge in [0.05, 0.1) is 36.2 Å². The first kappa shape index (κ1) is 18.7. The van der Waals surface area contributed by atoms with Crippen LogP contribution in [0.1, 0.15) is 27.8 Å². The third kappa shape index (κ3) is 3.56. The Labute approximate surface area is 152 Å². The molecule has 0 spiro atoms. The Morgan fingerprint density at radius 2 is 2.00 bits per heavy atom. The van der Waals surface area contributed by atoms with Crippen molar-refractivity contribution in [2.75, 3.05) is 7.11 Å². The number of nitrogens with zero attached hydrogens (tertiary/aromatic N) is 2. The maximum atomic E-state index is 13.9. The van der Waals surface area contributed by atoms with Crippen molar-refractivity contribution in [1.82, 2.24) is 9.55 Å². The Morgan fingerprint density at radius 1 is 1.26 bits per heavy atom. The summed E-state index contributed by atoms with van der Waals surface area (Å²) in [6.45, 7) is 1.24. The Hall–Kier alpha value is -3.13. The van der Waals surface area contributed by atoms with Gasteiger partial charge >= 0.3 is 5.97 Å². The summed E-state index contributed by atoms with van der Waals surface area (Å²) >= 11 is 0. The van der Waals surface area contributed by atoms with E-state index in [1.54, 1.807) is 6.92 Å². The average molecular weight is 374 g/mol. The minimum atomic E-state index is -1.44. The molecule has 0 radical (unpaired) electrons. The monoisotopic (exact) mass is 374 g/mol. The molecule has 8 heteroatoms. The summed E-state index contributed by atoms with van der Waals surface area (Å²) in [6.07, 6.45) is -1.44. The van der Waals surface area contributed by atoms with Gasteiger partial charge in [-0.3, -0.25) is 9.36 Å². The lowest BCUT2D eigenvalue weighted by Crippen LogP contribution is -2.27. The molecule has 3 aromatic rings. The molecule has 0 amide bonds. The van der Waals surface area contributed by atoms with Crippen LogP contribution in [0.3, 0.4) is 0 Å². The molecule has 0 saturated heterocycles. The van der Waals surface area contributed by atoms with Crippen LogP contribution in [0.5, 0.6) is 0 Å². The van der Waals surface area contributed by atoms with Crippen LogP contribution in [0.2, 0.25) is 0 Å². The summed E-state index contributed by atoms with van der Waals surface area (Å²) < 4.78 is 33.0. The lowest BCUT2D eigenvalue weighted by atomic mass is 10.1. The first-order valence-electron chi connectivity index (χ1n) is 8.04. The lowest BCUT2D eigenvalue weighted by molar-refractivity contribution is 0.0601. The van der Waals surface area contributed by atoms with Crippen molar-refractivity contribution >= 4 is 16.9 Å². The van der Waals surface area contributed by atoms with E-state index in [9.17, 15) is 23.5 Å². The summed E-state index contributed by atoms with van der Waals surface area (Å²) in [5.74, 6) is -1.77. The first-order chi connectivity index (χ1) is 12.8. The van der Waals surface area contributed by atoms with Gasteiger partial charge in [0.15, 0.2) is 0 Å². The molecule has 6 nitrogen and oxygen atoms in total. The largest absolute Gasteiger partial charge is 0.465 e. The van der Waals surface area contributed by atoms with Crippen molar-refractivity contribution in [3.8, 4) is 0 Å². The highest BCUT2D eigenvalue weighted by atomic mass is 19.1. The van der Waals surface area contributed by atoms with Crippen LogP contribution in [-0.2, 0) is 11.3 Å². The molecule has 27 heavy (non-hydrogen) atoms. The standard InChI is InChI=1S/C19H16F2N2O4/c1-10-22-16-7-11(19(26)27-2)3-5-13(16)18(25)23(10)9-17(24)14-8-12(20)4-6-15(14)21/h3-8,17,24H,9H2,1-2H3/t17-/m0/s1. The molecule has 3 rings (SSSR count). The Balaban J connectivity index is 2.03. The van der Waals surface area contributed by atoms with E-state index in [4.69, 9.17) is 0 Å². The van der Waals surface area contributed by atoms with Gasteiger partial charge in [-0.2, -0.15) is 0 Å². The average Bonchev–Trinajstić information content (AvgIpc) is 2.65. The molecule has 1 atom stereocenters. The number of hydrogen-bond donors (Lipinski definition) is 1. The van der Waals surface area contributed by atoms with Gasteiger partial charge in [0.2, 0.25) is 0 Å². The summed E-state index contributed by atoms with van der Waals surface area (Å²) in [6, 6.07) is 7.04. The number of fused-ring (bicyclic) bond motifs is 1. The third-order valence-corrected chi connectivity index (χ3v) is 4.24. The quantitative estimate of drug-likeness (QED) is 0.710. The van der Waals surface area contributed by atoms with E-state index in [0.717, 1.165) is 18.2 Å². The SMILES string of the molecule is COC(=O)c1ccc2c(=O)n(C[C@H](O)c3cc(F)ccc3F)c(C)nc2c1. The van der Waals surface area contributed by atoms with E-state index in [0.29, 0.717) is 5.52 Å². The highest BCUT2D eigenvalue weighted by Gasteiger charge is 2.18. The second-order valence-electron chi connectivity index (χ2n) is 5.98. The van der Waals surface area contributed by atoms with Crippen molar-refractivity contribution in [2.45, 2.75) is 19.6 Å². The predicted octanol–water partition coefficient (Wildman–Crippen LogP) is 2.50. The summed E-state index contributed by atoms with van der Waals surface area (Å²) in [4.78, 5) is 28.6. The van der Waals surface area contributed by atoms with E-state index in [-0.39, 0.29) is 28.9 Å². The number of carbonyl (C=O) groups is 1. The van der Waals surface area contributed by atoms with Crippen LogP contribution in [0, 0.1) is 18.6 Å². The molecule has 0 aliphatic rings. The highest BCUT2D eigenvalue weighted by molar-refractivity contribution is 5.94. The molecule has 1 heterocycles. The number of carbonyl (C=O) groups excluding carboxylic acids is 1. The smallest absolute Gasteiger partial charge is 0.337 e. The number of hydrogen-bond acceptors (Lipinski definition) is 5. The molecule has 0 saturated carbocycles. The van der Waals surface area contributed by atoms with Crippen LogP contribution < -0.4 is 5.56 Å². The van der Waals surface area contributed by atoms with E-state index >= 15 is 0 Å². The molecule has 0 aliphatic heterocycles. The van der Waals surface area contributed by atoms with Crippen LogP contribution in [0.15, 0.2) is 41.2 Å². The van der Waals surface area contributed by atoms with E-state index in [1.165, 1.54) is 29.9 Å². The number of methoxy groups -OCH3 is 1. The summed E-state index contributed by atoms with van der Waals surface area (Å²) in [5.41, 5.74) is -0.175. The minimum absolute atomic E-state index is 0.222. The molecule has 1 N–H and O–H groups in total. The zero-order valence-corrected chi connectivity index (χ0v) is 14.6. The molecule has 0 aliphatic carbocycles. The van der Waals surface area contributed by atoms with Gasteiger partial charge in [0.25, 0.3) is 5.56 Å². The molecule has 0 fully saturated rings. The number of rotatable bonds is 4. The Morgan fingerprint density at radius 3 is 2.70 bits per heavy atom. The fourth-order valence-corrected chi connectivity index (χ4v) is 2.83. The highest BCUT2D eigenvalue weighted by Crippen LogP contribution is 2.20. The molecule has 140 valence electrons. The summed E-state index contributed by atoms with van der Waals surface area (Å²) in [7, 11) is 1.25. The normalized spacial score (nSPS) is 12.2. The van der Waals surface area contributed by atoms with Gasteiger partial charge in [0.1, 0.15) is 17.5 Å². The number of aliphatic hydroxyl groups is 1. The van der Waals surface area contributed by atoms with Crippen molar-refractivity contribution in [3.63, 3.8) is 0 Å². The lowest BCUT2D eigenvalue weighted by Gasteiger charge is -2.16. The van der Waals surface area contributed by atoms with Crippen LogP contribution >= 0.6 is 0 Å². The summed E-state index contributed by atoms with van der Waals surface area (Å²) in [5, 5.41) is 10.5. The van der Waals surface area contributed by atoms with Gasteiger partial charge in [-0.15, -0.1) is 0 Å². The molecule has 2 aromatic carbocycles. The van der Waals surface area contributed by atoms with Gasteiger partial charge in [0, 0.05) is 5.56 Å². The number of ether oxygens (including phenoxy) is 1. The fourth-order valence-electron chi connectivity index (χ4n) is 2.83. The Bertz CT molecular complexity index is 1090. The van der Waals surface area contributed by atoms with E-state index < -0.39 is 29.3 Å². The number of aryl methyl sites for hydroxylation is 1. The zero-order chi connectivity index (χ0) is 19.7. The van der Waals surface area contributed by atoms with Crippen LogP contribution in [0.25, 0.3) is 10.9 Å². The van der Waals surface area contributed by atoms with E-state index in [1.807, 2.05) is 0 Å². The van der Waals surface area contributed by atoms with Gasteiger partial charge in [-0.05, 0) is 43.3 Å². The maximum Gasteiger partial charge on any atom is 0.337 e. The van der Waals surface area contributed by atoms with Gasteiger partial charge in [-0.1, -0.05) is 0 Å². The molecule has 0 bridgehead atoms. The second-order valence-corrected chi connectivity index (χ2v) is 5.98. The van der Waals surface area contributed by atoms with Crippen LogP contribution in [-0.4, -0.2) is 27.7 Å². The van der Waals surface area contributed by atoms with E-state index in [2.05, 4.69) is 9.72 Å². The first-order valence-corrected chi connectivity index (χ1v) is 8.04. The number of aromatic nitrogens is 2. The predicted molar refractivity (Wildman–Crippen MR) is 93.4 cm³/mol. The number of esters is 1. The van der Waals surface area contributed by atoms with Crippen LogP contribution in [0.4, 0.5) is 8.78 Å². The second kappa shape index (κ2) is 7.24. The van der Waals surface area contributed by atoms with Crippen molar-refractivity contribution in [1.29, 1.82) is 0 Å². The molecular weight excluding hydrogens is 358 g/mol. The maximum absolute atomic E-state index is 13.9. The van der Waals surface area contributed by atoms with Crippen molar-refractivity contribution < 1.29 is 23.4 Å². The van der Waals surface area contributed by atoms with Gasteiger partial charge in [-0.25, -0.2) is 18.6 Å². The topological polar surface area (TPSA) is 81.4 Å². The Kier molecular flexibility index (Phi) is 5.00. The third-order valence-electron chi connectivity index (χ3n) is 4.24. The van der Waals surface area contributed by atoms with Crippen molar-refractivity contribution in [2.24, 2.45) is 0 Å². The number of benzene rings is 2. The molecule has 1 aromatic heterocycles. The van der Waals surface area contributed by atoms with Gasteiger partial charge < -0.3 is 9.84 Å². The fraction of sp³-hybridized carbons (Fsp3) is 0.211.